The van der Waals surface area contributed by atoms with Gasteiger partial charge in [0.25, 0.3) is 5.91 Å². The lowest BCUT2D eigenvalue weighted by molar-refractivity contribution is -0.133. The van der Waals surface area contributed by atoms with E-state index in [0.717, 1.165) is 0 Å². The SMILES string of the molecule is COc1cc(C(=O)OCC(=O)N(C)Cc2ccco2)cc(Cl)c1OC(C)C. The Hall–Kier alpha value is -2.67. The van der Waals surface area contributed by atoms with Gasteiger partial charge >= 0.3 is 5.97 Å². The predicted molar refractivity (Wildman–Crippen MR) is 99.2 cm³/mol. The van der Waals surface area contributed by atoms with Gasteiger partial charge in [0.2, 0.25) is 0 Å². The molecule has 1 aromatic heterocycles. The fourth-order valence-electron chi connectivity index (χ4n) is 2.23. The Bertz CT molecular complexity index is 788. The van der Waals surface area contributed by atoms with Crippen molar-refractivity contribution in [1.82, 2.24) is 4.90 Å². The summed E-state index contributed by atoms with van der Waals surface area (Å²) in [6, 6.07) is 6.37. The van der Waals surface area contributed by atoms with Crippen molar-refractivity contribution in [3.05, 3.63) is 46.9 Å². The maximum Gasteiger partial charge on any atom is 0.338 e. The number of ether oxygens (including phenoxy) is 3. The molecule has 0 bridgehead atoms. The summed E-state index contributed by atoms with van der Waals surface area (Å²) in [6.45, 7) is 3.58. The van der Waals surface area contributed by atoms with Gasteiger partial charge in [-0.2, -0.15) is 0 Å². The lowest BCUT2D eigenvalue weighted by Gasteiger charge is -2.17. The van der Waals surface area contributed by atoms with Crippen LogP contribution in [0.2, 0.25) is 5.02 Å². The molecule has 27 heavy (non-hydrogen) atoms. The molecule has 2 rings (SSSR count). The molecular formula is C19H22ClNO6. The number of likely N-dealkylation sites (N-methyl/N-ethyl adjacent to an activating group) is 1. The van der Waals surface area contributed by atoms with Crippen molar-refractivity contribution in [3.8, 4) is 11.5 Å². The molecule has 0 fully saturated rings. The third kappa shape index (κ3) is 5.65. The van der Waals surface area contributed by atoms with Crippen molar-refractivity contribution < 1.29 is 28.2 Å². The summed E-state index contributed by atoms with van der Waals surface area (Å²) in [5.74, 6) is 0.238. The summed E-state index contributed by atoms with van der Waals surface area (Å²) >= 11 is 6.20. The fraction of sp³-hybridized carbons (Fsp3) is 0.368. The first-order chi connectivity index (χ1) is 12.8. The number of furan rings is 1. The summed E-state index contributed by atoms with van der Waals surface area (Å²) in [5, 5.41) is 0.219. The molecule has 0 saturated carbocycles. The number of amides is 1. The maximum absolute atomic E-state index is 12.3. The molecule has 146 valence electrons. The smallest absolute Gasteiger partial charge is 0.338 e. The van der Waals surface area contributed by atoms with Crippen LogP contribution >= 0.6 is 11.6 Å². The van der Waals surface area contributed by atoms with Crippen LogP contribution in [0.5, 0.6) is 11.5 Å². The molecule has 0 radical (unpaired) electrons. The van der Waals surface area contributed by atoms with Crippen molar-refractivity contribution in [1.29, 1.82) is 0 Å². The van der Waals surface area contributed by atoms with Crippen molar-refractivity contribution >= 4 is 23.5 Å². The Kier molecular flexibility index (Phi) is 7.12. The number of esters is 1. The minimum atomic E-state index is -0.689. The Balaban J connectivity index is 2.00. The lowest BCUT2D eigenvalue weighted by Crippen LogP contribution is -2.30. The summed E-state index contributed by atoms with van der Waals surface area (Å²) in [6.07, 6.45) is 1.41. The lowest BCUT2D eigenvalue weighted by atomic mass is 10.2. The highest BCUT2D eigenvalue weighted by molar-refractivity contribution is 6.32. The minimum Gasteiger partial charge on any atom is -0.493 e. The third-order valence-electron chi connectivity index (χ3n) is 3.54. The molecule has 1 aromatic carbocycles. The zero-order chi connectivity index (χ0) is 20.0. The quantitative estimate of drug-likeness (QED) is 0.636. The molecular weight excluding hydrogens is 374 g/mol. The van der Waals surface area contributed by atoms with E-state index in [4.69, 9.17) is 30.2 Å². The Labute approximate surface area is 162 Å². The van der Waals surface area contributed by atoms with E-state index in [1.54, 1.807) is 19.2 Å². The van der Waals surface area contributed by atoms with Gasteiger partial charge in [0.1, 0.15) is 5.76 Å². The summed E-state index contributed by atoms with van der Waals surface area (Å²) in [4.78, 5) is 25.8. The summed E-state index contributed by atoms with van der Waals surface area (Å²) < 4.78 is 21.1. The number of carbonyl (C=O) groups excluding carboxylic acids is 2. The monoisotopic (exact) mass is 395 g/mol. The second kappa shape index (κ2) is 9.32. The maximum atomic E-state index is 12.3. The van der Waals surface area contributed by atoms with Gasteiger partial charge in [0.05, 0.1) is 36.6 Å². The van der Waals surface area contributed by atoms with Crippen LogP contribution in [-0.4, -0.2) is 43.6 Å². The number of benzene rings is 1. The average molecular weight is 396 g/mol. The molecule has 7 nitrogen and oxygen atoms in total. The highest BCUT2D eigenvalue weighted by atomic mass is 35.5. The molecule has 1 heterocycles. The summed E-state index contributed by atoms with van der Waals surface area (Å²) in [5.41, 5.74) is 0.162. The molecule has 8 heteroatoms. The highest BCUT2D eigenvalue weighted by Crippen LogP contribution is 2.37. The van der Waals surface area contributed by atoms with Gasteiger partial charge in [-0.3, -0.25) is 4.79 Å². The minimum absolute atomic E-state index is 0.114. The van der Waals surface area contributed by atoms with Gasteiger partial charge in [-0.05, 0) is 38.1 Å². The van der Waals surface area contributed by atoms with E-state index < -0.39 is 12.6 Å². The highest BCUT2D eigenvalue weighted by Gasteiger charge is 2.19. The van der Waals surface area contributed by atoms with E-state index in [1.807, 2.05) is 13.8 Å². The van der Waals surface area contributed by atoms with Crippen LogP contribution in [0.3, 0.4) is 0 Å². The Morgan fingerprint density at radius 1 is 1.30 bits per heavy atom. The zero-order valence-electron chi connectivity index (χ0n) is 15.7. The van der Waals surface area contributed by atoms with E-state index in [0.29, 0.717) is 17.3 Å². The first-order valence-corrected chi connectivity index (χ1v) is 8.67. The Morgan fingerprint density at radius 2 is 2.04 bits per heavy atom. The first kappa shape index (κ1) is 20.6. The molecule has 0 aliphatic rings. The predicted octanol–water partition coefficient (Wildman–Crippen LogP) is 3.54. The molecule has 0 spiro atoms. The van der Waals surface area contributed by atoms with Crippen molar-refractivity contribution in [3.63, 3.8) is 0 Å². The van der Waals surface area contributed by atoms with E-state index in [2.05, 4.69) is 0 Å². The number of nitrogens with zero attached hydrogens (tertiary/aromatic N) is 1. The third-order valence-corrected chi connectivity index (χ3v) is 3.83. The van der Waals surface area contributed by atoms with Crippen molar-refractivity contribution in [2.24, 2.45) is 0 Å². The molecule has 1 amide bonds. The van der Waals surface area contributed by atoms with E-state index in [9.17, 15) is 9.59 Å². The van der Waals surface area contributed by atoms with E-state index >= 15 is 0 Å². The van der Waals surface area contributed by atoms with Crippen LogP contribution in [0.15, 0.2) is 34.9 Å². The number of hydrogen-bond acceptors (Lipinski definition) is 6. The molecule has 0 unspecified atom stereocenters. The van der Waals surface area contributed by atoms with Gasteiger partial charge in [-0.25, -0.2) is 4.79 Å². The first-order valence-electron chi connectivity index (χ1n) is 8.29. The van der Waals surface area contributed by atoms with Crippen LogP contribution in [0.1, 0.15) is 30.0 Å². The number of halogens is 1. The number of methoxy groups -OCH3 is 1. The normalized spacial score (nSPS) is 10.6. The summed E-state index contributed by atoms with van der Waals surface area (Å²) in [7, 11) is 3.04. The second-order valence-electron chi connectivity index (χ2n) is 6.06. The number of carbonyl (C=O) groups is 2. The largest absolute Gasteiger partial charge is 0.493 e. The number of rotatable bonds is 8. The van der Waals surface area contributed by atoms with E-state index in [1.165, 1.54) is 30.4 Å². The molecule has 0 aliphatic carbocycles. The van der Waals surface area contributed by atoms with Gasteiger partial charge in [0, 0.05) is 7.05 Å². The molecule has 0 saturated heterocycles. The number of hydrogen-bond donors (Lipinski definition) is 0. The van der Waals surface area contributed by atoms with E-state index in [-0.39, 0.29) is 29.1 Å². The van der Waals surface area contributed by atoms with Crippen molar-refractivity contribution in [2.75, 3.05) is 20.8 Å². The van der Waals surface area contributed by atoms with Crippen LogP contribution in [0.25, 0.3) is 0 Å². The second-order valence-corrected chi connectivity index (χ2v) is 6.47. The molecule has 0 atom stereocenters. The average Bonchev–Trinajstić information content (AvgIpc) is 3.13. The standard InChI is InChI=1S/C19H22ClNO6/c1-12(2)27-18-15(20)8-13(9-16(18)24-4)19(23)26-11-17(22)21(3)10-14-6-5-7-25-14/h5-9,12H,10-11H2,1-4H3. The van der Waals surface area contributed by atoms with Crippen LogP contribution in [0, 0.1) is 0 Å². The molecule has 0 N–H and O–H groups in total. The van der Waals surface area contributed by atoms with Gasteiger partial charge in [0.15, 0.2) is 18.1 Å². The fourth-order valence-corrected chi connectivity index (χ4v) is 2.49. The van der Waals surface area contributed by atoms with Gasteiger partial charge in [-0.15, -0.1) is 0 Å². The van der Waals surface area contributed by atoms with Gasteiger partial charge in [-0.1, -0.05) is 11.6 Å². The molecule has 2 aromatic rings. The topological polar surface area (TPSA) is 78.2 Å². The Morgan fingerprint density at radius 3 is 2.63 bits per heavy atom. The van der Waals surface area contributed by atoms with Crippen LogP contribution < -0.4 is 9.47 Å². The van der Waals surface area contributed by atoms with Gasteiger partial charge < -0.3 is 23.5 Å². The molecule has 0 aliphatic heterocycles. The zero-order valence-corrected chi connectivity index (χ0v) is 16.4. The van der Waals surface area contributed by atoms with Crippen molar-refractivity contribution in [2.45, 2.75) is 26.5 Å². The van der Waals surface area contributed by atoms with Crippen LogP contribution in [0.4, 0.5) is 0 Å². The van der Waals surface area contributed by atoms with Crippen LogP contribution in [-0.2, 0) is 16.1 Å².